The lowest BCUT2D eigenvalue weighted by Gasteiger charge is -2.10. The molecule has 0 amide bonds. The first kappa shape index (κ1) is 16.1. The van der Waals surface area contributed by atoms with Crippen molar-refractivity contribution in [1.82, 2.24) is 9.97 Å². The van der Waals surface area contributed by atoms with Crippen LogP contribution in [0.4, 0.5) is 5.82 Å². The van der Waals surface area contributed by atoms with Crippen molar-refractivity contribution in [2.75, 3.05) is 12.8 Å². The number of thiophene rings is 1. The van der Waals surface area contributed by atoms with Crippen LogP contribution in [-0.4, -0.2) is 33.3 Å². The Morgan fingerprint density at radius 2 is 2.00 bits per heavy atom. The quantitative estimate of drug-likeness (QED) is 0.507. The van der Waals surface area contributed by atoms with Gasteiger partial charge in [0, 0.05) is 10.1 Å². The van der Waals surface area contributed by atoms with Gasteiger partial charge in [-0.05, 0) is 29.3 Å². The molecule has 0 fully saturated rings. The Kier molecular flexibility index (Phi) is 3.62. The van der Waals surface area contributed by atoms with Crippen molar-refractivity contribution in [3.63, 3.8) is 0 Å². The molecule has 0 aliphatic rings. The number of nitrogens with two attached hydrogens (primary N) is 1. The van der Waals surface area contributed by atoms with E-state index in [-0.39, 0.29) is 11.3 Å². The number of nitrogens with zero attached hydrogens (tertiary/aromatic N) is 2. The number of fused-ring (bicyclic) bond motifs is 3. The summed E-state index contributed by atoms with van der Waals surface area (Å²) in [5.41, 5.74) is 7.91. The third-order valence-electron chi connectivity index (χ3n) is 4.14. The number of rotatable bonds is 3. The number of carbonyl (C=O) groups is 1. The molecule has 26 heavy (non-hydrogen) atoms. The highest BCUT2D eigenvalue weighted by Crippen LogP contribution is 2.39. The first-order valence-corrected chi connectivity index (χ1v) is 8.38. The van der Waals surface area contributed by atoms with Gasteiger partial charge in [0.05, 0.1) is 17.3 Å². The summed E-state index contributed by atoms with van der Waals surface area (Å²) in [6.45, 7) is 0. The Balaban J connectivity index is 1.94. The van der Waals surface area contributed by atoms with Crippen molar-refractivity contribution in [3.8, 4) is 22.6 Å². The van der Waals surface area contributed by atoms with Crippen LogP contribution in [-0.2, 0) is 0 Å². The second-order valence-electron chi connectivity index (χ2n) is 5.63. The van der Waals surface area contributed by atoms with Crippen LogP contribution in [0.3, 0.4) is 0 Å². The molecule has 2 aromatic heterocycles. The van der Waals surface area contributed by atoms with Gasteiger partial charge in [0.2, 0.25) is 0 Å². The first-order chi connectivity index (χ1) is 12.5. The van der Waals surface area contributed by atoms with Crippen LogP contribution >= 0.6 is 11.3 Å². The number of aromatic carboxylic acids is 1. The smallest absolute Gasteiger partial charge is 0.339 e. The van der Waals surface area contributed by atoms with E-state index in [4.69, 9.17) is 10.5 Å². The highest BCUT2D eigenvalue weighted by molar-refractivity contribution is 7.26. The summed E-state index contributed by atoms with van der Waals surface area (Å²) in [5.74, 6) is -1.09. The molecule has 0 bridgehead atoms. The summed E-state index contributed by atoms with van der Waals surface area (Å²) in [4.78, 5) is 19.7. The molecular formula is C18H13N3O4S. The number of benzene rings is 2. The fraction of sp³-hybridized carbons (Fsp3) is 0.0556. The molecule has 2 aromatic carbocycles. The standard InChI is InChI=1S/C18H13N3O4S/c1-25-12-5-9(4-11(15(12)22)18(23)24)8-2-3-10-13(6-8)26-16-14(10)20-7-21-17(16)19/h2-7,22H,1H3,(H,23,24)(H2,19,20,21). The number of aromatic hydroxyl groups is 1. The Morgan fingerprint density at radius 1 is 1.19 bits per heavy atom. The summed E-state index contributed by atoms with van der Waals surface area (Å²) in [7, 11) is 1.38. The maximum absolute atomic E-state index is 11.4. The molecule has 0 unspecified atom stereocenters. The largest absolute Gasteiger partial charge is 0.504 e. The average Bonchev–Trinajstić information content (AvgIpc) is 3.01. The van der Waals surface area contributed by atoms with Crippen LogP contribution < -0.4 is 10.5 Å². The zero-order valence-electron chi connectivity index (χ0n) is 13.6. The van der Waals surface area contributed by atoms with Crippen molar-refractivity contribution in [2.24, 2.45) is 0 Å². The van der Waals surface area contributed by atoms with Gasteiger partial charge < -0.3 is 20.7 Å². The molecule has 2 heterocycles. The minimum atomic E-state index is -1.23. The number of nitrogen functional groups attached to an aromatic ring is 1. The fourth-order valence-corrected chi connectivity index (χ4v) is 3.96. The lowest BCUT2D eigenvalue weighted by molar-refractivity contribution is 0.0693. The van der Waals surface area contributed by atoms with Gasteiger partial charge in [-0.15, -0.1) is 11.3 Å². The second kappa shape index (κ2) is 5.85. The highest BCUT2D eigenvalue weighted by atomic mass is 32.1. The van der Waals surface area contributed by atoms with Crippen LogP contribution in [0.2, 0.25) is 0 Å². The molecule has 0 spiro atoms. The molecule has 7 nitrogen and oxygen atoms in total. The van der Waals surface area contributed by atoms with Gasteiger partial charge in [-0.2, -0.15) is 0 Å². The average molecular weight is 367 g/mol. The third-order valence-corrected chi connectivity index (χ3v) is 5.30. The van der Waals surface area contributed by atoms with E-state index in [1.807, 2.05) is 18.2 Å². The number of anilines is 1. The van der Waals surface area contributed by atoms with Gasteiger partial charge in [-0.3, -0.25) is 0 Å². The molecule has 0 atom stereocenters. The van der Waals surface area contributed by atoms with E-state index in [0.29, 0.717) is 11.4 Å². The Labute approximate surface area is 151 Å². The molecular weight excluding hydrogens is 354 g/mol. The number of phenols is 1. The number of ether oxygens (including phenoxy) is 1. The van der Waals surface area contributed by atoms with Crippen LogP contribution in [0.15, 0.2) is 36.7 Å². The van der Waals surface area contributed by atoms with Crippen molar-refractivity contribution in [3.05, 3.63) is 42.2 Å². The van der Waals surface area contributed by atoms with Gasteiger partial charge in [-0.25, -0.2) is 14.8 Å². The summed E-state index contributed by atoms with van der Waals surface area (Å²) in [6, 6.07) is 8.73. The molecule has 130 valence electrons. The number of hydrogen-bond acceptors (Lipinski definition) is 7. The summed E-state index contributed by atoms with van der Waals surface area (Å²) >= 11 is 1.47. The predicted octanol–water partition coefficient (Wildman–Crippen LogP) is 3.51. The molecule has 4 aromatic rings. The van der Waals surface area contributed by atoms with Crippen molar-refractivity contribution in [2.45, 2.75) is 0 Å². The highest BCUT2D eigenvalue weighted by Gasteiger charge is 2.18. The number of hydrogen-bond donors (Lipinski definition) is 3. The normalized spacial score (nSPS) is 11.1. The van der Waals surface area contributed by atoms with E-state index < -0.39 is 11.7 Å². The molecule has 0 aliphatic carbocycles. The monoisotopic (exact) mass is 367 g/mol. The van der Waals surface area contributed by atoms with Crippen LogP contribution in [0.5, 0.6) is 11.5 Å². The van der Waals surface area contributed by atoms with E-state index in [1.165, 1.54) is 30.8 Å². The number of methoxy groups -OCH3 is 1. The van der Waals surface area contributed by atoms with Crippen LogP contribution in [0.1, 0.15) is 10.4 Å². The lowest BCUT2D eigenvalue weighted by Crippen LogP contribution is -1.99. The van der Waals surface area contributed by atoms with Crippen molar-refractivity contribution in [1.29, 1.82) is 0 Å². The molecule has 0 radical (unpaired) electrons. The number of aromatic nitrogens is 2. The van der Waals surface area contributed by atoms with Gasteiger partial charge >= 0.3 is 5.97 Å². The fourth-order valence-electron chi connectivity index (χ4n) is 2.86. The van der Waals surface area contributed by atoms with E-state index in [0.717, 1.165) is 25.9 Å². The van der Waals surface area contributed by atoms with Gasteiger partial charge in [0.1, 0.15) is 17.7 Å². The second-order valence-corrected chi connectivity index (χ2v) is 6.68. The van der Waals surface area contributed by atoms with Crippen LogP contribution in [0, 0.1) is 0 Å². The summed E-state index contributed by atoms with van der Waals surface area (Å²) in [5, 5.41) is 20.3. The summed E-state index contributed by atoms with van der Waals surface area (Å²) < 4.78 is 6.87. The minimum Gasteiger partial charge on any atom is -0.504 e. The third kappa shape index (κ3) is 2.39. The van der Waals surface area contributed by atoms with Crippen molar-refractivity contribution >= 4 is 43.4 Å². The Hall–Kier alpha value is -3.39. The van der Waals surface area contributed by atoms with Gasteiger partial charge in [0.25, 0.3) is 0 Å². The first-order valence-electron chi connectivity index (χ1n) is 7.57. The molecule has 4 N–H and O–H groups in total. The van der Waals surface area contributed by atoms with Gasteiger partial charge in [-0.1, -0.05) is 12.1 Å². The SMILES string of the molecule is COc1cc(-c2ccc3c(c2)sc2c(N)ncnc23)cc(C(=O)O)c1O. The zero-order chi connectivity index (χ0) is 18.4. The maximum Gasteiger partial charge on any atom is 0.339 e. The van der Waals surface area contributed by atoms with E-state index in [9.17, 15) is 15.0 Å². The number of carboxylic acids is 1. The lowest BCUT2D eigenvalue weighted by atomic mass is 10.0. The van der Waals surface area contributed by atoms with E-state index in [2.05, 4.69) is 9.97 Å². The van der Waals surface area contributed by atoms with Crippen LogP contribution in [0.25, 0.3) is 31.4 Å². The zero-order valence-corrected chi connectivity index (χ0v) is 14.4. The maximum atomic E-state index is 11.4. The van der Waals surface area contributed by atoms with E-state index in [1.54, 1.807) is 6.07 Å². The predicted molar refractivity (Wildman–Crippen MR) is 99.9 cm³/mol. The van der Waals surface area contributed by atoms with Gasteiger partial charge in [0.15, 0.2) is 11.5 Å². The molecule has 0 saturated carbocycles. The summed E-state index contributed by atoms with van der Waals surface area (Å²) in [6.07, 6.45) is 1.43. The van der Waals surface area contributed by atoms with E-state index >= 15 is 0 Å². The molecule has 8 heteroatoms. The number of carboxylic acid groups (broad SMARTS) is 1. The topological polar surface area (TPSA) is 119 Å². The molecule has 4 rings (SSSR count). The molecule has 0 saturated heterocycles. The Morgan fingerprint density at radius 3 is 2.73 bits per heavy atom. The minimum absolute atomic E-state index is 0.103. The van der Waals surface area contributed by atoms with Crippen molar-refractivity contribution < 1.29 is 19.7 Å². The Bertz CT molecular complexity index is 1190. The molecule has 0 aliphatic heterocycles.